The minimum Gasteiger partial charge on any atom is -0.337 e. The van der Waals surface area contributed by atoms with Crippen LogP contribution in [0.3, 0.4) is 0 Å². The number of nitrogens with one attached hydrogen (secondary N) is 1. The predicted octanol–water partition coefficient (Wildman–Crippen LogP) is 0.886. The Labute approximate surface area is 149 Å². The summed E-state index contributed by atoms with van der Waals surface area (Å²) in [5, 5.41) is 7.99. The fourth-order valence-corrected chi connectivity index (χ4v) is 3.75. The Balaban J connectivity index is 0.00000157. The zero-order valence-electron chi connectivity index (χ0n) is 13.5. The normalized spacial score (nSPS) is 24.1. The van der Waals surface area contributed by atoms with E-state index in [4.69, 9.17) is 4.52 Å². The average molecular weight is 361 g/mol. The van der Waals surface area contributed by atoms with Crippen molar-refractivity contribution in [1.29, 1.82) is 0 Å². The van der Waals surface area contributed by atoms with Crippen LogP contribution in [-0.2, 0) is 6.54 Å². The van der Waals surface area contributed by atoms with Crippen molar-refractivity contribution < 1.29 is 4.52 Å². The van der Waals surface area contributed by atoms with E-state index in [2.05, 4.69) is 25.4 Å². The van der Waals surface area contributed by atoms with Gasteiger partial charge in [-0.3, -0.25) is 9.36 Å². The summed E-state index contributed by atoms with van der Waals surface area (Å²) >= 11 is 0. The SMILES string of the molecule is Cc1ccnc2ncn(Cc3nc(C4[C@H]5CNC[C@@H]45)no3)c(=O)c12.Cl. The molecule has 3 atom stereocenters. The highest BCUT2D eigenvalue weighted by Crippen LogP contribution is 2.54. The van der Waals surface area contributed by atoms with Gasteiger partial charge in [0, 0.05) is 12.1 Å². The maximum atomic E-state index is 12.7. The van der Waals surface area contributed by atoms with E-state index >= 15 is 0 Å². The summed E-state index contributed by atoms with van der Waals surface area (Å²) in [5.74, 6) is 2.87. The molecule has 0 spiro atoms. The summed E-state index contributed by atoms with van der Waals surface area (Å²) in [4.78, 5) is 25.5. The fourth-order valence-electron chi connectivity index (χ4n) is 3.75. The molecule has 1 saturated carbocycles. The molecule has 1 aliphatic heterocycles. The first-order valence-corrected chi connectivity index (χ1v) is 8.06. The lowest BCUT2D eigenvalue weighted by atomic mass is 10.2. The Kier molecular flexibility index (Phi) is 3.81. The first kappa shape index (κ1) is 16.2. The van der Waals surface area contributed by atoms with Crippen LogP contribution in [0.4, 0.5) is 0 Å². The Morgan fingerprint density at radius 3 is 2.92 bits per heavy atom. The van der Waals surface area contributed by atoms with Crippen LogP contribution in [0.15, 0.2) is 27.9 Å². The molecular weight excluding hydrogens is 344 g/mol. The Hall–Kier alpha value is -2.32. The van der Waals surface area contributed by atoms with Gasteiger partial charge in [-0.1, -0.05) is 5.16 Å². The van der Waals surface area contributed by atoms with E-state index in [1.807, 2.05) is 6.92 Å². The van der Waals surface area contributed by atoms with E-state index in [-0.39, 0.29) is 24.5 Å². The summed E-state index contributed by atoms with van der Waals surface area (Å²) in [7, 11) is 0. The van der Waals surface area contributed by atoms with Gasteiger partial charge < -0.3 is 9.84 Å². The number of piperidine rings is 1. The predicted molar refractivity (Wildman–Crippen MR) is 91.8 cm³/mol. The van der Waals surface area contributed by atoms with Gasteiger partial charge in [-0.15, -0.1) is 12.4 Å². The zero-order valence-corrected chi connectivity index (χ0v) is 14.4. The molecule has 0 bridgehead atoms. The van der Waals surface area contributed by atoms with Gasteiger partial charge in [0.25, 0.3) is 5.56 Å². The molecule has 5 rings (SSSR count). The lowest BCUT2D eigenvalue weighted by molar-refractivity contribution is 0.363. The monoisotopic (exact) mass is 360 g/mol. The largest absolute Gasteiger partial charge is 0.337 e. The summed E-state index contributed by atoms with van der Waals surface area (Å²) < 4.78 is 6.84. The molecule has 1 saturated heterocycles. The summed E-state index contributed by atoms with van der Waals surface area (Å²) in [6.45, 7) is 4.16. The van der Waals surface area contributed by atoms with Crippen molar-refractivity contribution in [2.24, 2.45) is 11.8 Å². The quantitative estimate of drug-likeness (QED) is 0.740. The molecular formula is C16H17ClN6O2. The molecule has 2 aliphatic rings. The van der Waals surface area contributed by atoms with Crippen LogP contribution in [0, 0.1) is 18.8 Å². The number of hydrogen-bond acceptors (Lipinski definition) is 7. The molecule has 1 N–H and O–H groups in total. The Morgan fingerprint density at radius 1 is 1.32 bits per heavy atom. The molecule has 1 aliphatic carbocycles. The molecule has 0 amide bonds. The lowest BCUT2D eigenvalue weighted by Crippen LogP contribution is -2.22. The van der Waals surface area contributed by atoms with Gasteiger partial charge in [0.05, 0.1) is 5.39 Å². The minimum absolute atomic E-state index is 0. The van der Waals surface area contributed by atoms with Gasteiger partial charge >= 0.3 is 0 Å². The topological polar surface area (TPSA) is 98.7 Å². The molecule has 0 radical (unpaired) electrons. The first-order valence-electron chi connectivity index (χ1n) is 8.06. The van der Waals surface area contributed by atoms with Gasteiger partial charge in [0.1, 0.15) is 12.9 Å². The van der Waals surface area contributed by atoms with Crippen molar-refractivity contribution in [2.45, 2.75) is 19.4 Å². The highest BCUT2D eigenvalue weighted by atomic mass is 35.5. The molecule has 9 heteroatoms. The number of aryl methyl sites for hydroxylation is 1. The van der Waals surface area contributed by atoms with Crippen LogP contribution in [0.5, 0.6) is 0 Å². The second-order valence-corrected chi connectivity index (χ2v) is 6.56. The first-order chi connectivity index (χ1) is 11.7. The molecule has 25 heavy (non-hydrogen) atoms. The zero-order chi connectivity index (χ0) is 16.3. The maximum Gasteiger partial charge on any atom is 0.263 e. The molecule has 130 valence electrons. The van der Waals surface area contributed by atoms with Crippen molar-refractivity contribution >= 4 is 23.4 Å². The number of aromatic nitrogens is 5. The smallest absolute Gasteiger partial charge is 0.263 e. The van der Waals surface area contributed by atoms with Crippen molar-refractivity contribution in [3.63, 3.8) is 0 Å². The standard InChI is InChI=1S/C16H16N6O2.ClH/c1-8-2-3-18-14-12(8)16(23)22(7-19-14)6-11-20-15(21-24-11)13-9-4-17-5-10(9)13;/h2-3,7,9-10,13,17H,4-6H2,1H3;1H/t9-,10+,13?;. The van der Waals surface area contributed by atoms with Crippen molar-refractivity contribution in [3.05, 3.63) is 46.2 Å². The van der Waals surface area contributed by atoms with E-state index in [1.54, 1.807) is 12.3 Å². The van der Waals surface area contributed by atoms with Gasteiger partial charge in [0.2, 0.25) is 5.89 Å². The van der Waals surface area contributed by atoms with Gasteiger partial charge in [-0.2, -0.15) is 4.98 Å². The third-order valence-corrected chi connectivity index (χ3v) is 5.11. The summed E-state index contributed by atoms with van der Waals surface area (Å²) in [6.07, 6.45) is 3.14. The Morgan fingerprint density at radius 2 is 2.12 bits per heavy atom. The Bertz CT molecular complexity index is 990. The van der Waals surface area contributed by atoms with Gasteiger partial charge in [-0.05, 0) is 43.5 Å². The van der Waals surface area contributed by atoms with E-state index in [0.29, 0.717) is 34.7 Å². The lowest BCUT2D eigenvalue weighted by Gasteiger charge is -2.04. The fraction of sp³-hybridized carbons (Fsp3) is 0.438. The number of pyridine rings is 1. The second-order valence-electron chi connectivity index (χ2n) is 6.56. The van der Waals surface area contributed by atoms with Crippen LogP contribution in [0.25, 0.3) is 11.0 Å². The number of nitrogens with zero attached hydrogens (tertiary/aromatic N) is 5. The average Bonchev–Trinajstić information content (AvgIpc) is 2.95. The number of halogens is 1. The van der Waals surface area contributed by atoms with Gasteiger partial charge in [0.15, 0.2) is 11.5 Å². The third kappa shape index (κ3) is 2.52. The van der Waals surface area contributed by atoms with Crippen molar-refractivity contribution in [2.75, 3.05) is 13.1 Å². The van der Waals surface area contributed by atoms with E-state index in [0.717, 1.165) is 24.5 Å². The van der Waals surface area contributed by atoms with E-state index < -0.39 is 0 Å². The summed E-state index contributed by atoms with van der Waals surface area (Å²) in [5.41, 5.74) is 1.18. The van der Waals surface area contributed by atoms with E-state index in [1.165, 1.54) is 10.9 Å². The van der Waals surface area contributed by atoms with Crippen molar-refractivity contribution in [1.82, 2.24) is 30.0 Å². The molecule has 8 nitrogen and oxygen atoms in total. The summed E-state index contributed by atoms with van der Waals surface area (Å²) in [6, 6.07) is 1.81. The highest BCUT2D eigenvalue weighted by molar-refractivity contribution is 5.85. The van der Waals surface area contributed by atoms with Gasteiger partial charge in [-0.25, -0.2) is 9.97 Å². The molecule has 3 aromatic heterocycles. The molecule has 0 aromatic carbocycles. The van der Waals surface area contributed by atoms with Crippen LogP contribution in [0.2, 0.25) is 0 Å². The molecule has 1 unspecified atom stereocenters. The molecule has 2 fully saturated rings. The molecule has 4 heterocycles. The van der Waals surface area contributed by atoms with E-state index in [9.17, 15) is 4.79 Å². The second kappa shape index (κ2) is 5.89. The third-order valence-electron chi connectivity index (χ3n) is 5.11. The minimum atomic E-state index is -0.141. The number of rotatable bonds is 3. The van der Waals surface area contributed by atoms with Crippen molar-refractivity contribution in [3.8, 4) is 0 Å². The highest BCUT2D eigenvalue weighted by Gasteiger charge is 2.55. The van der Waals surface area contributed by atoms with Crippen LogP contribution in [0.1, 0.15) is 23.2 Å². The molecule has 3 aromatic rings. The number of hydrogen-bond donors (Lipinski definition) is 1. The van der Waals surface area contributed by atoms with Crippen LogP contribution >= 0.6 is 12.4 Å². The maximum absolute atomic E-state index is 12.7. The van der Waals surface area contributed by atoms with Crippen LogP contribution < -0.4 is 10.9 Å². The van der Waals surface area contributed by atoms with Crippen LogP contribution in [-0.4, -0.2) is 37.8 Å². The number of fused-ring (bicyclic) bond motifs is 2.